The molecule has 21 heavy (non-hydrogen) atoms. The van der Waals surface area contributed by atoms with E-state index in [1.54, 1.807) is 0 Å². The maximum absolute atomic E-state index is 12.0. The summed E-state index contributed by atoms with van der Waals surface area (Å²) < 4.78 is 22.8. The van der Waals surface area contributed by atoms with Crippen molar-refractivity contribution in [1.82, 2.24) is 5.32 Å². The Labute approximate surface area is 129 Å². The first-order valence-corrected chi connectivity index (χ1v) is 8.83. The fourth-order valence-electron chi connectivity index (χ4n) is 2.20. The smallest absolute Gasteiger partial charge is 0.284 e. The first-order valence-electron chi connectivity index (χ1n) is 6.21. The third-order valence-electron chi connectivity index (χ3n) is 3.30. The van der Waals surface area contributed by atoms with Crippen molar-refractivity contribution in [3.63, 3.8) is 0 Å². The third kappa shape index (κ3) is 3.79. The molecule has 1 N–H and O–H groups in total. The molecule has 1 aliphatic rings. The van der Waals surface area contributed by atoms with Crippen molar-refractivity contribution in [3.05, 3.63) is 38.3 Å². The van der Waals surface area contributed by atoms with E-state index in [1.165, 1.54) is 18.2 Å². The lowest BCUT2D eigenvalue weighted by Crippen LogP contribution is -2.30. The number of nitrogens with one attached hydrogen (secondary N) is 1. The molecule has 1 amide bonds. The van der Waals surface area contributed by atoms with Crippen LogP contribution in [0.4, 0.5) is 5.69 Å². The van der Waals surface area contributed by atoms with Gasteiger partial charge >= 0.3 is 0 Å². The number of nitrogens with zero attached hydrogens (tertiary/aromatic N) is 1. The molecule has 9 heteroatoms. The summed E-state index contributed by atoms with van der Waals surface area (Å²) in [6.07, 6.45) is 0.527. The number of benzene rings is 1. The predicted octanol–water partition coefficient (Wildman–Crippen LogP) is 1.52. The molecule has 1 saturated heterocycles. The fraction of sp³-hybridized carbons (Fsp3) is 0.417. The summed E-state index contributed by atoms with van der Waals surface area (Å²) in [5.41, 5.74) is -0.0313. The average Bonchev–Trinajstić information content (AvgIpc) is 2.75. The number of nitro groups is 1. The van der Waals surface area contributed by atoms with Gasteiger partial charge in [0.15, 0.2) is 9.84 Å². The molecule has 1 aromatic carbocycles. The fourth-order valence-corrected chi connectivity index (χ4v) is 4.65. The van der Waals surface area contributed by atoms with Gasteiger partial charge in [-0.05, 0) is 34.3 Å². The molecule has 1 heterocycles. The highest BCUT2D eigenvalue weighted by Gasteiger charge is 2.28. The van der Waals surface area contributed by atoms with Gasteiger partial charge in [-0.25, -0.2) is 8.42 Å². The molecular formula is C12H13BrN2O5S. The minimum absolute atomic E-state index is 0.0728. The highest BCUT2D eigenvalue weighted by atomic mass is 79.9. The van der Waals surface area contributed by atoms with Crippen LogP contribution in [0.1, 0.15) is 16.8 Å². The second-order valence-electron chi connectivity index (χ2n) is 4.87. The van der Waals surface area contributed by atoms with Crippen molar-refractivity contribution in [1.29, 1.82) is 0 Å². The van der Waals surface area contributed by atoms with Crippen LogP contribution in [0.2, 0.25) is 0 Å². The molecule has 2 rings (SSSR count). The normalized spacial score (nSPS) is 20.1. The number of halogens is 1. The monoisotopic (exact) mass is 376 g/mol. The van der Waals surface area contributed by atoms with Crippen molar-refractivity contribution >= 4 is 37.4 Å². The number of carbonyl (C=O) groups excluding carboxylic acids is 1. The van der Waals surface area contributed by atoms with E-state index < -0.39 is 20.7 Å². The van der Waals surface area contributed by atoms with Crippen LogP contribution in [0.15, 0.2) is 22.7 Å². The minimum atomic E-state index is -2.98. The predicted molar refractivity (Wildman–Crippen MR) is 79.9 cm³/mol. The van der Waals surface area contributed by atoms with Crippen molar-refractivity contribution in [2.24, 2.45) is 5.92 Å². The topological polar surface area (TPSA) is 106 Å². The van der Waals surface area contributed by atoms with Gasteiger partial charge in [0.2, 0.25) is 0 Å². The van der Waals surface area contributed by atoms with E-state index in [-0.39, 0.29) is 39.7 Å². The van der Waals surface area contributed by atoms with E-state index in [4.69, 9.17) is 0 Å². The lowest BCUT2D eigenvalue weighted by molar-refractivity contribution is -0.385. The molecule has 1 aromatic rings. The maximum atomic E-state index is 12.0. The van der Waals surface area contributed by atoms with Gasteiger partial charge in [0, 0.05) is 12.6 Å². The molecule has 1 fully saturated rings. The van der Waals surface area contributed by atoms with Crippen molar-refractivity contribution in [2.45, 2.75) is 6.42 Å². The van der Waals surface area contributed by atoms with Gasteiger partial charge < -0.3 is 5.32 Å². The SMILES string of the molecule is O=C(NCC1CCS(=O)(=O)C1)c1cccc([N+](=O)[O-])c1Br. The Bertz CT molecular complexity index is 689. The summed E-state index contributed by atoms with van der Waals surface area (Å²) in [6.45, 7) is 0.243. The number of hydrogen-bond donors (Lipinski definition) is 1. The molecule has 0 spiro atoms. The zero-order valence-electron chi connectivity index (χ0n) is 10.9. The first kappa shape index (κ1) is 15.9. The highest BCUT2D eigenvalue weighted by molar-refractivity contribution is 9.10. The van der Waals surface area contributed by atoms with Crippen LogP contribution < -0.4 is 5.32 Å². The molecule has 0 saturated carbocycles. The molecule has 0 bridgehead atoms. The molecule has 0 aliphatic carbocycles. The van der Waals surface area contributed by atoms with Crippen LogP contribution >= 0.6 is 15.9 Å². The molecule has 0 aromatic heterocycles. The lowest BCUT2D eigenvalue weighted by atomic mass is 10.1. The molecule has 0 radical (unpaired) electrons. The van der Waals surface area contributed by atoms with Gasteiger partial charge in [-0.3, -0.25) is 14.9 Å². The van der Waals surface area contributed by atoms with Gasteiger partial charge in [0.05, 0.1) is 22.0 Å². The summed E-state index contributed by atoms with van der Waals surface area (Å²) >= 11 is 3.06. The first-order chi connectivity index (χ1) is 9.80. The largest absolute Gasteiger partial charge is 0.352 e. The van der Waals surface area contributed by atoms with E-state index in [1.807, 2.05) is 0 Å². The Morgan fingerprint density at radius 3 is 2.76 bits per heavy atom. The molecule has 1 aliphatic heterocycles. The molecule has 1 atom stereocenters. The van der Waals surface area contributed by atoms with Gasteiger partial charge in [-0.2, -0.15) is 0 Å². The van der Waals surface area contributed by atoms with E-state index >= 15 is 0 Å². The summed E-state index contributed by atoms with van der Waals surface area (Å²) in [4.78, 5) is 22.3. The van der Waals surface area contributed by atoms with E-state index in [9.17, 15) is 23.3 Å². The number of carbonyl (C=O) groups is 1. The Morgan fingerprint density at radius 1 is 1.48 bits per heavy atom. The van der Waals surface area contributed by atoms with Crippen LogP contribution in [0, 0.1) is 16.0 Å². The Kier molecular flexibility index (Phi) is 4.62. The van der Waals surface area contributed by atoms with Crippen LogP contribution in [-0.2, 0) is 9.84 Å². The number of nitro benzene ring substituents is 1. The second-order valence-corrected chi connectivity index (χ2v) is 7.90. The molecule has 114 valence electrons. The quantitative estimate of drug-likeness (QED) is 0.633. The van der Waals surface area contributed by atoms with Gasteiger partial charge in [0.1, 0.15) is 4.47 Å². The number of rotatable bonds is 4. The highest BCUT2D eigenvalue weighted by Crippen LogP contribution is 2.28. The minimum Gasteiger partial charge on any atom is -0.352 e. The number of amides is 1. The molecule has 7 nitrogen and oxygen atoms in total. The average molecular weight is 377 g/mol. The Morgan fingerprint density at radius 2 is 2.19 bits per heavy atom. The summed E-state index contributed by atoms with van der Waals surface area (Å²) in [5, 5.41) is 13.4. The van der Waals surface area contributed by atoms with Crippen molar-refractivity contribution < 1.29 is 18.1 Å². The standard InChI is InChI=1S/C12H13BrN2O5S/c13-11-9(2-1-3-10(11)15(17)18)12(16)14-6-8-4-5-21(19,20)7-8/h1-3,8H,4-7H2,(H,14,16). The summed E-state index contributed by atoms with van der Waals surface area (Å²) in [6, 6.07) is 4.19. The van der Waals surface area contributed by atoms with Gasteiger partial charge in [0.25, 0.3) is 11.6 Å². The molecule has 1 unspecified atom stereocenters. The summed E-state index contributed by atoms with van der Waals surface area (Å²) in [5.74, 6) is -0.344. The van der Waals surface area contributed by atoms with E-state index in [0.29, 0.717) is 6.42 Å². The Balaban J connectivity index is 2.05. The second kappa shape index (κ2) is 6.10. The van der Waals surface area contributed by atoms with Gasteiger partial charge in [-0.15, -0.1) is 0 Å². The lowest BCUT2D eigenvalue weighted by Gasteiger charge is -2.10. The zero-order chi connectivity index (χ0) is 15.6. The van der Waals surface area contributed by atoms with Crippen molar-refractivity contribution in [3.8, 4) is 0 Å². The number of sulfone groups is 1. The Hall–Kier alpha value is -1.48. The zero-order valence-corrected chi connectivity index (χ0v) is 13.3. The van der Waals surface area contributed by atoms with Gasteiger partial charge in [-0.1, -0.05) is 6.07 Å². The third-order valence-corrected chi connectivity index (χ3v) is 5.97. The van der Waals surface area contributed by atoms with Crippen molar-refractivity contribution in [2.75, 3.05) is 18.1 Å². The van der Waals surface area contributed by atoms with Crippen LogP contribution in [0.3, 0.4) is 0 Å². The van der Waals surface area contributed by atoms with E-state index in [2.05, 4.69) is 21.2 Å². The van der Waals surface area contributed by atoms with E-state index in [0.717, 1.165) is 0 Å². The van der Waals surface area contributed by atoms with Crippen LogP contribution in [0.5, 0.6) is 0 Å². The molecular weight excluding hydrogens is 364 g/mol. The van der Waals surface area contributed by atoms with Crippen LogP contribution in [-0.4, -0.2) is 37.3 Å². The van der Waals surface area contributed by atoms with Crippen LogP contribution in [0.25, 0.3) is 0 Å². The summed E-state index contributed by atoms with van der Waals surface area (Å²) in [7, 11) is -2.98. The number of hydrogen-bond acceptors (Lipinski definition) is 5. The maximum Gasteiger partial charge on any atom is 0.284 e.